The van der Waals surface area contributed by atoms with Crippen molar-refractivity contribution in [3.8, 4) is 6.07 Å². The quantitative estimate of drug-likeness (QED) is 0.655. The molecule has 4 nitrogen and oxygen atoms in total. The molecule has 0 aliphatic carbocycles. The molecule has 0 fully saturated rings. The average molecular weight is 303 g/mol. The Balaban J connectivity index is 1.74. The van der Waals surface area contributed by atoms with Crippen LogP contribution in [0.5, 0.6) is 0 Å². The second kappa shape index (κ2) is 7.68. The summed E-state index contributed by atoms with van der Waals surface area (Å²) >= 11 is 3.26. The summed E-state index contributed by atoms with van der Waals surface area (Å²) < 4.78 is 1.03. The van der Waals surface area contributed by atoms with E-state index in [9.17, 15) is 4.79 Å². The van der Waals surface area contributed by atoms with Gasteiger partial charge in [0.05, 0.1) is 11.3 Å². The largest absolute Gasteiger partial charge is 0.325 e. The lowest BCUT2D eigenvalue weighted by Gasteiger charge is -2.06. The molecule has 1 amide bonds. The van der Waals surface area contributed by atoms with Crippen LogP contribution in [0.3, 0.4) is 0 Å². The Kier molecular flexibility index (Phi) is 5.59. The summed E-state index contributed by atoms with van der Waals surface area (Å²) in [5.74, 6) is 0.799. The van der Waals surface area contributed by atoms with E-state index in [2.05, 4.69) is 16.4 Å². The van der Waals surface area contributed by atoms with Crippen LogP contribution in [0.2, 0.25) is 0 Å². The summed E-state index contributed by atoms with van der Waals surface area (Å²) in [5, 5.41) is 13.7. The molecule has 6 heteroatoms. The van der Waals surface area contributed by atoms with Crippen molar-refractivity contribution < 1.29 is 4.79 Å². The van der Waals surface area contributed by atoms with E-state index in [-0.39, 0.29) is 5.91 Å². The Labute approximate surface area is 125 Å². The third-order valence-electron chi connectivity index (χ3n) is 2.50. The molecular weight excluding hydrogens is 290 g/mol. The molecule has 2 rings (SSSR count). The van der Waals surface area contributed by atoms with Crippen LogP contribution in [-0.2, 0) is 4.79 Å². The van der Waals surface area contributed by atoms with Crippen LogP contribution in [-0.4, -0.2) is 16.6 Å². The predicted octanol–water partition coefficient (Wildman–Crippen LogP) is 3.53. The average Bonchev–Trinajstić information content (AvgIpc) is 2.97. The molecule has 0 saturated carbocycles. The van der Waals surface area contributed by atoms with Crippen molar-refractivity contribution in [3.05, 3.63) is 41.4 Å². The normalized spacial score (nSPS) is 9.95. The third kappa shape index (κ3) is 4.37. The molecule has 1 heterocycles. The lowest BCUT2D eigenvalue weighted by Crippen LogP contribution is -2.12. The van der Waals surface area contributed by atoms with Crippen LogP contribution in [0.4, 0.5) is 5.69 Å². The molecule has 0 bridgehead atoms. The number of nitriles is 1. The van der Waals surface area contributed by atoms with E-state index in [0.717, 1.165) is 16.5 Å². The van der Waals surface area contributed by atoms with Crippen molar-refractivity contribution in [2.45, 2.75) is 17.2 Å². The fraction of sp³-hybridized carbons (Fsp3) is 0.214. The number of anilines is 1. The van der Waals surface area contributed by atoms with Gasteiger partial charge < -0.3 is 5.32 Å². The summed E-state index contributed by atoms with van der Waals surface area (Å²) in [7, 11) is 0. The Morgan fingerprint density at radius 2 is 2.30 bits per heavy atom. The predicted molar refractivity (Wildman–Crippen MR) is 81.9 cm³/mol. The zero-order chi connectivity index (χ0) is 14.2. The van der Waals surface area contributed by atoms with Crippen molar-refractivity contribution in [1.29, 1.82) is 5.26 Å². The zero-order valence-electron chi connectivity index (χ0n) is 10.7. The van der Waals surface area contributed by atoms with E-state index in [1.807, 2.05) is 5.38 Å². The summed E-state index contributed by atoms with van der Waals surface area (Å²) in [6.07, 6.45) is 3.00. The molecule has 1 aromatic heterocycles. The molecule has 20 heavy (non-hydrogen) atoms. The maximum Gasteiger partial charge on any atom is 0.224 e. The first-order valence-corrected chi connectivity index (χ1v) is 7.97. The minimum absolute atomic E-state index is 0.0626. The van der Waals surface area contributed by atoms with Crippen molar-refractivity contribution in [1.82, 2.24) is 4.98 Å². The number of amides is 1. The first-order chi connectivity index (χ1) is 9.79. The number of thioether (sulfide) groups is 1. The molecule has 0 aliphatic heterocycles. The highest BCUT2D eigenvalue weighted by Gasteiger charge is 2.06. The minimum atomic E-state index is -0.0626. The SMILES string of the molecule is N#Cc1ccccc1NC(=O)CCCSc1nccs1. The highest BCUT2D eigenvalue weighted by molar-refractivity contribution is 8.00. The van der Waals surface area contributed by atoms with E-state index in [1.165, 1.54) is 0 Å². The van der Waals surface area contributed by atoms with E-state index >= 15 is 0 Å². The number of thiazole rings is 1. The molecule has 0 spiro atoms. The van der Waals surface area contributed by atoms with Gasteiger partial charge in [0.15, 0.2) is 0 Å². The molecule has 0 atom stereocenters. The number of nitrogens with zero attached hydrogens (tertiary/aromatic N) is 2. The Morgan fingerprint density at radius 1 is 1.45 bits per heavy atom. The van der Waals surface area contributed by atoms with Gasteiger partial charge in [-0.25, -0.2) is 4.98 Å². The van der Waals surface area contributed by atoms with E-state index < -0.39 is 0 Å². The number of aromatic nitrogens is 1. The minimum Gasteiger partial charge on any atom is -0.325 e. The van der Waals surface area contributed by atoms with Gasteiger partial charge in [0.25, 0.3) is 0 Å². The number of hydrogen-bond donors (Lipinski definition) is 1. The van der Waals surface area contributed by atoms with Gasteiger partial charge in [-0.2, -0.15) is 5.26 Å². The molecule has 2 aromatic rings. The number of carbonyl (C=O) groups is 1. The van der Waals surface area contributed by atoms with Gasteiger partial charge in [-0.3, -0.25) is 4.79 Å². The van der Waals surface area contributed by atoms with Gasteiger partial charge in [0.1, 0.15) is 10.4 Å². The van der Waals surface area contributed by atoms with Gasteiger partial charge in [0, 0.05) is 23.8 Å². The fourth-order valence-corrected chi connectivity index (χ4v) is 3.22. The molecular formula is C14H13N3OS2. The van der Waals surface area contributed by atoms with Gasteiger partial charge in [-0.05, 0) is 18.6 Å². The third-order valence-corrected chi connectivity index (χ3v) is 4.56. The van der Waals surface area contributed by atoms with Gasteiger partial charge in [0.2, 0.25) is 5.91 Å². The number of benzene rings is 1. The monoisotopic (exact) mass is 303 g/mol. The molecule has 0 saturated heterocycles. The van der Waals surface area contributed by atoms with Crippen LogP contribution in [0.1, 0.15) is 18.4 Å². The number of para-hydroxylation sites is 1. The van der Waals surface area contributed by atoms with E-state index in [4.69, 9.17) is 5.26 Å². The first kappa shape index (κ1) is 14.6. The second-order valence-electron chi connectivity index (χ2n) is 3.96. The number of carbonyl (C=O) groups excluding carboxylic acids is 1. The summed E-state index contributed by atoms with van der Waals surface area (Å²) in [5.41, 5.74) is 1.06. The van der Waals surface area contributed by atoms with Crippen LogP contribution in [0.15, 0.2) is 40.2 Å². The highest BCUT2D eigenvalue weighted by atomic mass is 32.2. The van der Waals surface area contributed by atoms with E-state index in [0.29, 0.717) is 17.7 Å². The van der Waals surface area contributed by atoms with Crippen LogP contribution in [0, 0.1) is 11.3 Å². The molecule has 0 aliphatic rings. The number of rotatable bonds is 6. The number of hydrogen-bond acceptors (Lipinski definition) is 5. The molecule has 1 aromatic carbocycles. The van der Waals surface area contributed by atoms with Crippen molar-refractivity contribution >= 4 is 34.7 Å². The maximum absolute atomic E-state index is 11.8. The Hall–Kier alpha value is -1.84. The molecule has 0 radical (unpaired) electrons. The van der Waals surface area contributed by atoms with E-state index in [1.54, 1.807) is 53.6 Å². The van der Waals surface area contributed by atoms with Crippen molar-refractivity contribution in [3.63, 3.8) is 0 Å². The second-order valence-corrected chi connectivity index (χ2v) is 6.19. The molecule has 102 valence electrons. The lowest BCUT2D eigenvalue weighted by atomic mass is 10.2. The van der Waals surface area contributed by atoms with Crippen LogP contribution in [0.25, 0.3) is 0 Å². The van der Waals surface area contributed by atoms with Gasteiger partial charge in [-0.15, -0.1) is 11.3 Å². The Bertz CT molecular complexity index is 605. The zero-order valence-corrected chi connectivity index (χ0v) is 12.3. The maximum atomic E-state index is 11.8. The summed E-state index contributed by atoms with van der Waals surface area (Å²) in [6, 6.07) is 9.06. The Morgan fingerprint density at radius 3 is 3.05 bits per heavy atom. The lowest BCUT2D eigenvalue weighted by molar-refractivity contribution is -0.116. The fourth-order valence-electron chi connectivity index (χ4n) is 1.58. The number of nitrogens with one attached hydrogen (secondary N) is 1. The van der Waals surface area contributed by atoms with Crippen LogP contribution < -0.4 is 5.32 Å². The van der Waals surface area contributed by atoms with Gasteiger partial charge in [-0.1, -0.05) is 23.9 Å². The highest BCUT2D eigenvalue weighted by Crippen LogP contribution is 2.21. The standard InChI is InChI=1S/C14H13N3OS2/c15-10-11-4-1-2-5-12(11)17-13(18)6-3-8-19-14-16-7-9-20-14/h1-2,4-5,7,9H,3,6,8H2,(H,17,18). The first-order valence-electron chi connectivity index (χ1n) is 6.11. The smallest absolute Gasteiger partial charge is 0.224 e. The summed E-state index contributed by atoms with van der Waals surface area (Å²) in [4.78, 5) is 16.0. The topological polar surface area (TPSA) is 65.8 Å². The van der Waals surface area contributed by atoms with Crippen LogP contribution >= 0.6 is 23.1 Å². The summed E-state index contributed by atoms with van der Waals surface area (Å²) in [6.45, 7) is 0. The van der Waals surface area contributed by atoms with Gasteiger partial charge >= 0.3 is 0 Å². The molecule has 0 unspecified atom stereocenters. The molecule has 1 N–H and O–H groups in total. The van der Waals surface area contributed by atoms with Crippen molar-refractivity contribution in [2.24, 2.45) is 0 Å². The van der Waals surface area contributed by atoms with Crippen molar-refractivity contribution in [2.75, 3.05) is 11.1 Å².